The first-order valence-electron chi connectivity index (χ1n) is 14.0. The lowest BCUT2D eigenvalue weighted by molar-refractivity contribution is -0.218. The molecule has 2 fully saturated rings. The molecular weight excluding hydrogens is 448 g/mol. The molecule has 4 aliphatic rings. The van der Waals surface area contributed by atoms with E-state index in [0.717, 1.165) is 31.4 Å². The van der Waals surface area contributed by atoms with Gasteiger partial charge in [0.25, 0.3) is 0 Å². The molecule has 0 radical (unpaired) electrons. The molecule has 2 aromatic rings. The Morgan fingerprint density at radius 1 is 1.03 bits per heavy atom. The molecule has 1 spiro atoms. The summed E-state index contributed by atoms with van der Waals surface area (Å²) >= 11 is 0. The van der Waals surface area contributed by atoms with E-state index in [1.165, 1.54) is 36.0 Å². The second-order valence-electron chi connectivity index (χ2n) is 11.6. The maximum absolute atomic E-state index is 9.31. The molecule has 0 bridgehead atoms. The van der Waals surface area contributed by atoms with Gasteiger partial charge in [-0.25, -0.2) is 0 Å². The maximum Gasteiger partial charge on any atom is 0.193 e. The first-order valence-corrected chi connectivity index (χ1v) is 14.0. The predicted molar refractivity (Wildman–Crippen MR) is 141 cm³/mol. The van der Waals surface area contributed by atoms with Crippen LogP contribution in [-0.2, 0) is 22.5 Å². The van der Waals surface area contributed by atoms with Gasteiger partial charge in [0.2, 0.25) is 0 Å². The highest BCUT2D eigenvalue weighted by molar-refractivity contribution is 5.42. The predicted octanol–water partition coefficient (Wildman–Crippen LogP) is 6.42. The van der Waals surface area contributed by atoms with Crippen molar-refractivity contribution < 1.29 is 19.3 Å². The van der Waals surface area contributed by atoms with Crippen molar-refractivity contribution in [1.29, 1.82) is 0 Å². The fourth-order valence-corrected chi connectivity index (χ4v) is 7.86. The SMILES string of the molecule is C[C@]12CC[C@@H]3c4ccc(OCc5ccccc5)cc4C[C@@H](CCCCCO)[C@H]3[C@@H]1C=CC21OCCO1. The molecule has 0 amide bonds. The second kappa shape index (κ2) is 9.96. The lowest BCUT2D eigenvalue weighted by Gasteiger charge is -2.55. The van der Waals surface area contributed by atoms with E-state index in [9.17, 15) is 5.11 Å². The highest BCUT2D eigenvalue weighted by atomic mass is 16.7. The number of unbranched alkanes of at least 4 members (excludes halogenated alkanes) is 2. The van der Waals surface area contributed by atoms with Crippen LogP contribution in [0, 0.1) is 23.2 Å². The van der Waals surface area contributed by atoms with Crippen LogP contribution >= 0.6 is 0 Å². The number of fused-ring (bicyclic) bond motifs is 6. The van der Waals surface area contributed by atoms with Crippen LogP contribution in [0.3, 0.4) is 0 Å². The highest BCUT2D eigenvalue weighted by Gasteiger charge is 2.63. The van der Waals surface area contributed by atoms with E-state index in [4.69, 9.17) is 14.2 Å². The zero-order valence-corrected chi connectivity index (χ0v) is 21.5. The maximum atomic E-state index is 9.31. The van der Waals surface area contributed by atoms with Crippen molar-refractivity contribution in [3.05, 3.63) is 77.4 Å². The molecule has 1 saturated carbocycles. The zero-order chi connectivity index (χ0) is 24.6. The van der Waals surface area contributed by atoms with E-state index in [-0.39, 0.29) is 5.41 Å². The van der Waals surface area contributed by atoms with Gasteiger partial charge in [0.05, 0.1) is 13.2 Å². The average Bonchev–Trinajstić information content (AvgIpc) is 3.51. The van der Waals surface area contributed by atoms with Gasteiger partial charge < -0.3 is 19.3 Å². The number of hydrogen-bond acceptors (Lipinski definition) is 4. The van der Waals surface area contributed by atoms with Gasteiger partial charge in [-0.1, -0.05) is 62.2 Å². The lowest BCUT2D eigenvalue weighted by Crippen LogP contribution is -2.53. The van der Waals surface area contributed by atoms with Gasteiger partial charge in [-0.3, -0.25) is 0 Å². The molecule has 0 aromatic heterocycles. The summed E-state index contributed by atoms with van der Waals surface area (Å²) in [5, 5.41) is 9.31. The molecule has 4 heteroatoms. The monoisotopic (exact) mass is 488 g/mol. The van der Waals surface area contributed by atoms with Crippen LogP contribution in [0.5, 0.6) is 5.75 Å². The summed E-state index contributed by atoms with van der Waals surface area (Å²) in [5.41, 5.74) is 4.21. The van der Waals surface area contributed by atoms with Gasteiger partial charge in [-0.2, -0.15) is 0 Å². The van der Waals surface area contributed by atoms with Gasteiger partial charge in [-0.05, 0) is 90.7 Å². The number of allylic oxidation sites excluding steroid dienone is 1. The van der Waals surface area contributed by atoms with Crippen molar-refractivity contribution >= 4 is 0 Å². The minimum atomic E-state index is -0.528. The van der Waals surface area contributed by atoms with Crippen molar-refractivity contribution in [1.82, 2.24) is 0 Å². The third-order valence-electron chi connectivity index (χ3n) is 9.65. The van der Waals surface area contributed by atoms with E-state index in [1.54, 1.807) is 0 Å². The smallest absolute Gasteiger partial charge is 0.193 e. The van der Waals surface area contributed by atoms with Crippen LogP contribution in [0.2, 0.25) is 0 Å². The van der Waals surface area contributed by atoms with Gasteiger partial charge in [0.15, 0.2) is 5.79 Å². The highest BCUT2D eigenvalue weighted by Crippen LogP contribution is 2.65. The van der Waals surface area contributed by atoms with Crippen molar-refractivity contribution in [2.24, 2.45) is 23.2 Å². The van der Waals surface area contributed by atoms with Crippen molar-refractivity contribution in [2.45, 2.75) is 70.2 Å². The average molecular weight is 489 g/mol. The molecule has 36 heavy (non-hydrogen) atoms. The minimum Gasteiger partial charge on any atom is -0.489 e. The molecule has 3 aliphatic carbocycles. The summed E-state index contributed by atoms with van der Waals surface area (Å²) in [4.78, 5) is 0. The zero-order valence-electron chi connectivity index (χ0n) is 21.5. The Morgan fingerprint density at radius 3 is 2.67 bits per heavy atom. The fraction of sp³-hybridized carbons (Fsp3) is 0.562. The lowest BCUT2D eigenvalue weighted by atomic mass is 9.51. The molecule has 1 saturated heterocycles. The molecule has 4 nitrogen and oxygen atoms in total. The van der Waals surface area contributed by atoms with Gasteiger partial charge in [0.1, 0.15) is 12.4 Å². The Kier molecular flexibility index (Phi) is 6.70. The second-order valence-corrected chi connectivity index (χ2v) is 11.6. The number of aliphatic hydroxyl groups is 1. The summed E-state index contributed by atoms with van der Waals surface area (Å²) in [6.07, 6.45) is 12.5. The van der Waals surface area contributed by atoms with E-state index < -0.39 is 5.79 Å². The molecule has 5 atom stereocenters. The Morgan fingerprint density at radius 2 is 1.86 bits per heavy atom. The first kappa shape index (κ1) is 24.2. The topological polar surface area (TPSA) is 47.9 Å². The molecule has 1 heterocycles. The number of hydrogen-bond donors (Lipinski definition) is 1. The molecular formula is C32H40O4. The van der Waals surface area contributed by atoms with Gasteiger partial charge in [-0.15, -0.1) is 0 Å². The fourth-order valence-electron chi connectivity index (χ4n) is 7.86. The number of ether oxygens (including phenoxy) is 3. The minimum absolute atomic E-state index is 0.00422. The van der Waals surface area contributed by atoms with Gasteiger partial charge in [0, 0.05) is 12.0 Å². The van der Waals surface area contributed by atoms with Crippen molar-refractivity contribution in [3.8, 4) is 5.75 Å². The standard InChI is InChI=1S/C32H40O4/c1-31-15-13-28-27-12-11-26(34-22-23-8-4-2-5-9-23)21-25(27)20-24(10-6-3-7-17-33)30(28)29(31)14-16-32(31)35-18-19-36-32/h2,4-5,8-9,11-12,14,16,21,24,28-30,33H,3,6-7,10,13,15,17-20,22H2,1H3/t24-,28-,29+,30-,31+/m1/s1. The number of rotatable bonds is 8. The van der Waals surface area contributed by atoms with Gasteiger partial charge >= 0.3 is 0 Å². The van der Waals surface area contributed by atoms with E-state index in [2.05, 4.69) is 61.5 Å². The summed E-state index contributed by atoms with van der Waals surface area (Å²) < 4.78 is 18.8. The van der Waals surface area contributed by atoms with Crippen molar-refractivity contribution in [3.63, 3.8) is 0 Å². The molecule has 192 valence electrons. The molecule has 1 aliphatic heterocycles. The van der Waals surface area contributed by atoms with Crippen LogP contribution in [0.15, 0.2) is 60.7 Å². The van der Waals surface area contributed by atoms with E-state index >= 15 is 0 Å². The summed E-state index contributed by atoms with van der Waals surface area (Å²) in [5.74, 6) is 2.71. The van der Waals surface area contributed by atoms with Crippen LogP contribution in [0.4, 0.5) is 0 Å². The molecule has 2 aromatic carbocycles. The first-order chi connectivity index (χ1) is 17.6. The van der Waals surface area contributed by atoms with E-state index in [1.807, 2.05) is 6.07 Å². The summed E-state index contributed by atoms with van der Waals surface area (Å²) in [6.45, 7) is 4.70. The van der Waals surface area contributed by atoms with Crippen LogP contribution < -0.4 is 4.74 Å². The molecule has 1 N–H and O–H groups in total. The largest absolute Gasteiger partial charge is 0.489 e. The summed E-state index contributed by atoms with van der Waals surface area (Å²) in [6, 6.07) is 17.3. The third-order valence-corrected chi connectivity index (χ3v) is 9.65. The Hall–Kier alpha value is -2.14. The van der Waals surface area contributed by atoms with E-state index in [0.29, 0.717) is 50.1 Å². The normalized spacial score (nSPS) is 31.7. The Labute approximate surface area is 215 Å². The number of benzene rings is 2. The van der Waals surface area contributed by atoms with Crippen LogP contribution in [0.25, 0.3) is 0 Å². The van der Waals surface area contributed by atoms with Crippen LogP contribution in [0.1, 0.15) is 68.1 Å². The Bertz CT molecular complexity index is 1070. The molecule has 6 rings (SSSR count). The van der Waals surface area contributed by atoms with Crippen LogP contribution in [-0.4, -0.2) is 30.7 Å². The van der Waals surface area contributed by atoms with Crippen molar-refractivity contribution in [2.75, 3.05) is 19.8 Å². The summed E-state index contributed by atoms with van der Waals surface area (Å²) in [7, 11) is 0. The number of aliphatic hydroxyl groups excluding tert-OH is 1. The Balaban J connectivity index is 1.27. The molecule has 0 unspecified atom stereocenters. The quantitative estimate of drug-likeness (QED) is 0.344. The third kappa shape index (κ3) is 4.12.